The number of carbonyl (C=O) groups is 1. The summed E-state index contributed by atoms with van der Waals surface area (Å²) < 4.78 is 4.97. The summed E-state index contributed by atoms with van der Waals surface area (Å²) in [7, 11) is 0. The fraction of sp³-hybridized carbons (Fsp3) is 0.0909. The Balaban J connectivity index is 2.29. The summed E-state index contributed by atoms with van der Waals surface area (Å²) in [6, 6.07) is 7.43. The van der Waals surface area contributed by atoms with Gasteiger partial charge in [-0.1, -0.05) is 35.0 Å². The Labute approximate surface area is 91.6 Å². The van der Waals surface area contributed by atoms with Crippen LogP contribution in [0, 0.1) is 0 Å². The summed E-state index contributed by atoms with van der Waals surface area (Å²) >= 11 is 5.99. The van der Waals surface area contributed by atoms with Gasteiger partial charge >= 0.3 is 0 Å². The highest BCUT2D eigenvalue weighted by atomic mass is 35.5. The second-order valence-corrected chi connectivity index (χ2v) is 3.50. The zero-order valence-corrected chi connectivity index (χ0v) is 8.57. The van der Waals surface area contributed by atoms with Crippen LogP contribution in [0.15, 0.2) is 35.0 Å². The van der Waals surface area contributed by atoms with Crippen LogP contribution in [-0.4, -0.2) is 11.4 Å². The molecule has 2 rings (SSSR count). The summed E-state index contributed by atoms with van der Waals surface area (Å²) in [6.45, 7) is 0. The van der Waals surface area contributed by atoms with Gasteiger partial charge in [-0.25, -0.2) is 0 Å². The van der Waals surface area contributed by atoms with Crippen molar-refractivity contribution in [2.75, 3.05) is 0 Å². The minimum Gasteiger partial charge on any atom is -0.360 e. The monoisotopic (exact) mass is 221 g/mol. The SMILES string of the molecule is O=Cc1cnoc1Cc1ccccc1Cl. The van der Waals surface area contributed by atoms with Gasteiger partial charge in [0.1, 0.15) is 0 Å². The van der Waals surface area contributed by atoms with Crippen LogP contribution in [0.2, 0.25) is 5.02 Å². The molecule has 0 bridgehead atoms. The first-order valence-corrected chi connectivity index (χ1v) is 4.81. The molecule has 15 heavy (non-hydrogen) atoms. The van der Waals surface area contributed by atoms with E-state index in [4.69, 9.17) is 16.1 Å². The van der Waals surface area contributed by atoms with E-state index in [9.17, 15) is 4.79 Å². The van der Waals surface area contributed by atoms with E-state index in [0.29, 0.717) is 22.8 Å². The van der Waals surface area contributed by atoms with Crippen molar-refractivity contribution in [3.63, 3.8) is 0 Å². The van der Waals surface area contributed by atoms with Crippen molar-refractivity contribution in [2.24, 2.45) is 0 Å². The number of aromatic nitrogens is 1. The molecule has 0 aliphatic heterocycles. The molecular formula is C11H8ClNO2. The Morgan fingerprint density at radius 2 is 2.20 bits per heavy atom. The Hall–Kier alpha value is -1.61. The largest absolute Gasteiger partial charge is 0.360 e. The number of aldehydes is 1. The van der Waals surface area contributed by atoms with Crippen LogP contribution in [0.4, 0.5) is 0 Å². The number of halogens is 1. The predicted octanol–water partition coefficient (Wildman–Crippen LogP) is 2.73. The molecule has 0 saturated heterocycles. The van der Waals surface area contributed by atoms with Crippen molar-refractivity contribution in [1.82, 2.24) is 5.16 Å². The third-order valence-electron chi connectivity index (χ3n) is 2.11. The molecule has 0 aliphatic rings. The highest BCUT2D eigenvalue weighted by molar-refractivity contribution is 6.31. The Kier molecular flexibility index (Phi) is 2.83. The number of hydrogen-bond acceptors (Lipinski definition) is 3. The molecule has 0 aliphatic carbocycles. The standard InChI is InChI=1S/C11H8ClNO2/c12-10-4-2-1-3-8(10)5-11-9(7-14)6-13-15-11/h1-4,6-7H,5H2. The predicted molar refractivity (Wildman–Crippen MR) is 56.1 cm³/mol. The van der Waals surface area contributed by atoms with E-state index in [1.807, 2.05) is 18.2 Å². The molecule has 0 radical (unpaired) electrons. The number of rotatable bonds is 3. The molecule has 4 heteroatoms. The fourth-order valence-corrected chi connectivity index (χ4v) is 1.52. The highest BCUT2D eigenvalue weighted by Gasteiger charge is 2.09. The van der Waals surface area contributed by atoms with Crippen molar-refractivity contribution >= 4 is 17.9 Å². The molecule has 3 nitrogen and oxygen atoms in total. The first kappa shape index (κ1) is 9.93. The van der Waals surface area contributed by atoms with Crippen LogP contribution >= 0.6 is 11.6 Å². The zero-order chi connectivity index (χ0) is 10.7. The lowest BCUT2D eigenvalue weighted by Gasteiger charge is -2.00. The quantitative estimate of drug-likeness (QED) is 0.749. The molecule has 1 aromatic heterocycles. The third-order valence-corrected chi connectivity index (χ3v) is 2.48. The van der Waals surface area contributed by atoms with E-state index in [1.165, 1.54) is 6.20 Å². The molecule has 0 unspecified atom stereocenters. The van der Waals surface area contributed by atoms with Gasteiger partial charge < -0.3 is 4.52 Å². The van der Waals surface area contributed by atoms with Gasteiger partial charge in [-0.05, 0) is 11.6 Å². The van der Waals surface area contributed by atoms with Crippen molar-refractivity contribution in [3.05, 3.63) is 52.4 Å². The Morgan fingerprint density at radius 1 is 1.40 bits per heavy atom. The topological polar surface area (TPSA) is 43.1 Å². The lowest BCUT2D eigenvalue weighted by molar-refractivity contribution is 0.112. The van der Waals surface area contributed by atoms with Gasteiger partial charge in [0.2, 0.25) is 0 Å². The summed E-state index contributed by atoms with van der Waals surface area (Å²) in [4.78, 5) is 10.6. The zero-order valence-electron chi connectivity index (χ0n) is 7.81. The van der Waals surface area contributed by atoms with Crippen molar-refractivity contribution < 1.29 is 9.32 Å². The molecule has 0 N–H and O–H groups in total. The normalized spacial score (nSPS) is 10.2. The maximum absolute atomic E-state index is 10.6. The lowest BCUT2D eigenvalue weighted by Crippen LogP contribution is -1.91. The summed E-state index contributed by atoms with van der Waals surface area (Å²) in [5.74, 6) is 0.540. The van der Waals surface area contributed by atoms with Gasteiger partial charge in [0.25, 0.3) is 0 Å². The number of benzene rings is 1. The molecule has 0 fully saturated rings. The van der Waals surface area contributed by atoms with E-state index < -0.39 is 0 Å². The minimum absolute atomic E-state index is 0.468. The second kappa shape index (κ2) is 4.28. The average Bonchev–Trinajstić information content (AvgIpc) is 2.69. The fourth-order valence-electron chi connectivity index (χ4n) is 1.32. The number of carbonyl (C=O) groups excluding carboxylic acids is 1. The molecule has 0 saturated carbocycles. The maximum Gasteiger partial charge on any atom is 0.155 e. The minimum atomic E-state index is 0.468. The van der Waals surface area contributed by atoms with Crippen molar-refractivity contribution in [1.29, 1.82) is 0 Å². The van der Waals surface area contributed by atoms with Crippen molar-refractivity contribution in [3.8, 4) is 0 Å². The van der Waals surface area contributed by atoms with Gasteiger partial charge in [0.15, 0.2) is 12.0 Å². The summed E-state index contributed by atoms with van der Waals surface area (Å²) in [6.07, 6.45) is 2.61. The molecule has 0 amide bonds. The maximum atomic E-state index is 10.6. The lowest BCUT2D eigenvalue weighted by atomic mass is 10.1. The molecular weight excluding hydrogens is 214 g/mol. The second-order valence-electron chi connectivity index (χ2n) is 3.09. The highest BCUT2D eigenvalue weighted by Crippen LogP contribution is 2.19. The van der Waals surface area contributed by atoms with E-state index in [2.05, 4.69) is 5.16 Å². The van der Waals surface area contributed by atoms with Gasteiger partial charge in [-0.15, -0.1) is 0 Å². The van der Waals surface area contributed by atoms with Gasteiger partial charge in [0, 0.05) is 11.4 Å². The van der Waals surface area contributed by atoms with Crippen LogP contribution in [0.5, 0.6) is 0 Å². The van der Waals surface area contributed by atoms with Gasteiger partial charge in [-0.2, -0.15) is 0 Å². The molecule has 1 aromatic carbocycles. The van der Waals surface area contributed by atoms with Crippen LogP contribution in [0.3, 0.4) is 0 Å². The number of nitrogens with zero attached hydrogens (tertiary/aromatic N) is 1. The van der Waals surface area contributed by atoms with Crippen LogP contribution < -0.4 is 0 Å². The smallest absolute Gasteiger partial charge is 0.155 e. The molecule has 0 atom stereocenters. The Morgan fingerprint density at radius 3 is 2.93 bits per heavy atom. The van der Waals surface area contributed by atoms with E-state index in [0.717, 1.165) is 11.8 Å². The van der Waals surface area contributed by atoms with E-state index in [1.54, 1.807) is 6.07 Å². The first-order chi connectivity index (χ1) is 7.31. The van der Waals surface area contributed by atoms with E-state index >= 15 is 0 Å². The summed E-state index contributed by atoms with van der Waals surface area (Å²) in [5, 5.41) is 4.23. The molecule has 76 valence electrons. The average molecular weight is 222 g/mol. The van der Waals surface area contributed by atoms with Gasteiger partial charge in [0.05, 0.1) is 11.8 Å². The third kappa shape index (κ3) is 2.07. The van der Waals surface area contributed by atoms with E-state index in [-0.39, 0.29) is 0 Å². The van der Waals surface area contributed by atoms with Crippen molar-refractivity contribution in [2.45, 2.75) is 6.42 Å². The molecule has 1 heterocycles. The summed E-state index contributed by atoms with van der Waals surface area (Å²) in [5.41, 5.74) is 1.38. The first-order valence-electron chi connectivity index (χ1n) is 4.43. The Bertz CT molecular complexity index is 479. The van der Waals surface area contributed by atoms with Crippen LogP contribution in [0.25, 0.3) is 0 Å². The number of hydrogen-bond donors (Lipinski definition) is 0. The molecule has 2 aromatic rings. The van der Waals surface area contributed by atoms with Crippen LogP contribution in [-0.2, 0) is 6.42 Å². The molecule has 0 spiro atoms. The van der Waals surface area contributed by atoms with Gasteiger partial charge in [-0.3, -0.25) is 4.79 Å². The van der Waals surface area contributed by atoms with Crippen LogP contribution in [0.1, 0.15) is 21.7 Å².